The number of rotatable bonds is 1. The third-order valence-electron chi connectivity index (χ3n) is 4.02. The second-order valence-electron chi connectivity index (χ2n) is 5.24. The molecule has 1 fully saturated rings. The van der Waals surface area contributed by atoms with E-state index in [1.165, 1.54) is 30.8 Å². The van der Waals surface area contributed by atoms with Gasteiger partial charge in [0.2, 0.25) is 0 Å². The number of nitrogens with one attached hydrogen (secondary N) is 1. The Morgan fingerprint density at radius 1 is 1.41 bits per heavy atom. The average Bonchev–Trinajstić information content (AvgIpc) is 2.37. The van der Waals surface area contributed by atoms with E-state index >= 15 is 0 Å². The zero-order valence-corrected chi connectivity index (χ0v) is 10.6. The average molecular weight is 232 g/mol. The molecule has 2 aliphatic rings. The van der Waals surface area contributed by atoms with E-state index in [0.717, 1.165) is 18.2 Å². The fourth-order valence-corrected chi connectivity index (χ4v) is 3.02. The maximum Gasteiger partial charge on any atom is 0.121 e. The predicted octanol–water partition coefficient (Wildman–Crippen LogP) is 2.73. The van der Waals surface area contributed by atoms with E-state index in [1.807, 2.05) is 6.07 Å². The Morgan fingerprint density at radius 2 is 2.29 bits per heavy atom. The van der Waals surface area contributed by atoms with E-state index in [0.29, 0.717) is 6.04 Å². The van der Waals surface area contributed by atoms with Crippen LogP contribution in [0.3, 0.4) is 0 Å². The van der Waals surface area contributed by atoms with E-state index in [2.05, 4.69) is 29.3 Å². The van der Waals surface area contributed by atoms with Gasteiger partial charge in [0.15, 0.2) is 0 Å². The molecule has 0 bridgehead atoms. The molecule has 1 N–H and O–H groups in total. The van der Waals surface area contributed by atoms with Crippen molar-refractivity contribution in [2.24, 2.45) is 5.92 Å². The van der Waals surface area contributed by atoms with Crippen molar-refractivity contribution in [3.8, 4) is 5.75 Å². The first-order valence-electron chi connectivity index (χ1n) is 6.46. The molecule has 3 rings (SSSR count). The summed E-state index contributed by atoms with van der Waals surface area (Å²) in [7, 11) is 1.73. The van der Waals surface area contributed by atoms with Crippen LogP contribution in [0.15, 0.2) is 18.2 Å². The van der Waals surface area contributed by atoms with Gasteiger partial charge in [0.25, 0.3) is 0 Å². The SMILES string of the molecule is COc1ccc2c(c1)N1CCC(C)CC1CN2. The maximum absolute atomic E-state index is 5.33. The van der Waals surface area contributed by atoms with Crippen LogP contribution in [0.5, 0.6) is 5.75 Å². The van der Waals surface area contributed by atoms with Crippen molar-refractivity contribution in [1.29, 1.82) is 0 Å². The van der Waals surface area contributed by atoms with Crippen LogP contribution in [0.4, 0.5) is 11.4 Å². The Hall–Kier alpha value is -1.38. The van der Waals surface area contributed by atoms with E-state index in [-0.39, 0.29) is 0 Å². The van der Waals surface area contributed by atoms with Gasteiger partial charge in [0.1, 0.15) is 5.75 Å². The highest BCUT2D eigenvalue weighted by Gasteiger charge is 2.31. The van der Waals surface area contributed by atoms with Gasteiger partial charge in [-0.25, -0.2) is 0 Å². The molecule has 17 heavy (non-hydrogen) atoms. The lowest BCUT2D eigenvalue weighted by Crippen LogP contribution is -2.48. The number of methoxy groups -OCH3 is 1. The molecule has 2 heterocycles. The summed E-state index contributed by atoms with van der Waals surface area (Å²) in [5, 5.41) is 3.54. The van der Waals surface area contributed by atoms with Crippen LogP contribution >= 0.6 is 0 Å². The molecule has 1 aromatic carbocycles. The minimum absolute atomic E-state index is 0.651. The van der Waals surface area contributed by atoms with Crippen molar-refractivity contribution in [2.75, 3.05) is 30.4 Å². The van der Waals surface area contributed by atoms with Crippen LogP contribution in [0, 0.1) is 5.92 Å². The van der Waals surface area contributed by atoms with Gasteiger partial charge in [-0.2, -0.15) is 0 Å². The number of hydrogen-bond donors (Lipinski definition) is 1. The maximum atomic E-state index is 5.33. The van der Waals surface area contributed by atoms with Crippen molar-refractivity contribution in [1.82, 2.24) is 0 Å². The van der Waals surface area contributed by atoms with Crippen LogP contribution in [0.25, 0.3) is 0 Å². The third-order valence-corrected chi connectivity index (χ3v) is 4.02. The largest absolute Gasteiger partial charge is 0.497 e. The van der Waals surface area contributed by atoms with Gasteiger partial charge in [-0.1, -0.05) is 6.92 Å². The number of benzene rings is 1. The highest BCUT2D eigenvalue weighted by atomic mass is 16.5. The van der Waals surface area contributed by atoms with Gasteiger partial charge in [0, 0.05) is 25.2 Å². The van der Waals surface area contributed by atoms with E-state index in [9.17, 15) is 0 Å². The van der Waals surface area contributed by atoms with Crippen molar-refractivity contribution in [2.45, 2.75) is 25.8 Å². The molecule has 3 heteroatoms. The summed E-state index contributed by atoms with van der Waals surface area (Å²) in [6.07, 6.45) is 2.59. The molecule has 0 aromatic heterocycles. The Labute approximate surface area is 103 Å². The number of ether oxygens (including phenoxy) is 1. The zero-order chi connectivity index (χ0) is 11.8. The Kier molecular flexibility index (Phi) is 2.61. The molecule has 2 unspecified atom stereocenters. The van der Waals surface area contributed by atoms with Gasteiger partial charge in [-0.3, -0.25) is 0 Å². The van der Waals surface area contributed by atoms with Crippen molar-refractivity contribution in [3.05, 3.63) is 18.2 Å². The summed E-state index contributed by atoms with van der Waals surface area (Å²) in [5.41, 5.74) is 2.56. The fraction of sp³-hybridized carbons (Fsp3) is 0.571. The minimum atomic E-state index is 0.651. The first-order chi connectivity index (χ1) is 8.28. The van der Waals surface area contributed by atoms with E-state index in [4.69, 9.17) is 4.74 Å². The summed E-state index contributed by atoms with van der Waals surface area (Å²) in [6.45, 7) is 4.61. The molecule has 92 valence electrons. The zero-order valence-electron chi connectivity index (χ0n) is 10.6. The molecule has 2 aliphatic heterocycles. The highest BCUT2D eigenvalue weighted by Crippen LogP contribution is 2.38. The highest BCUT2D eigenvalue weighted by molar-refractivity contribution is 5.74. The number of hydrogen-bond acceptors (Lipinski definition) is 3. The molecule has 0 saturated carbocycles. The number of nitrogens with zero attached hydrogens (tertiary/aromatic N) is 1. The molecular weight excluding hydrogens is 212 g/mol. The Morgan fingerprint density at radius 3 is 3.12 bits per heavy atom. The summed E-state index contributed by atoms with van der Waals surface area (Å²) in [4.78, 5) is 2.55. The normalized spacial score (nSPS) is 26.8. The molecule has 0 amide bonds. The predicted molar refractivity (Wildman–Crippen MR) is 71.0 cm³/mol. The van der Waals surface area contributed by atoms with Crippen molar-refractivity contribution < 1.29 is 4.74 Å². The summed E-state index contributed by atoms with van der Waals surface area (Å²) in [5.74, 6) is 1.80. The second kappa shape index (κ2) is 4.13. The second-order valence-corrected chi connectivity index (χ2v) is 5.24. The van der Waals surface area contributed by atoms with Crippen molar-refractivity contribution in [3.63, 3.8) is 0 Å². The number of fused-ring (bicyclic) bond motifs is 3. The van der Waals surface area contributed by atoms with Crippen LogP contribution in [-0.2, 0) is 0 Å². The van der Waals surface area contributed by atoms with E-state index < -0.39 is 0 Å². The summed E-state index contributed by atoms with van der Waals surface area (Å²) in [6, 6.07) is 6.96. The molecule has 2 atom stereocenters. The van der Waals surface area contributed by atoms with Crippen LogP contribution < -0.4 is 15.0 Å². The Balaban J connectivity index is 1.94. The lowest BCUT2D eigenvalue weighted by atomic mass is 9.90. The lowest BCUT2D eigenvalue weighted by molar-refractivity contribution is 0.366. The molecule has 1 aromatic rings. The molecule has 0 radical (unpaired) electrons. The topological polar surface area (TPSA) is 24.5 Å². The molecule has 0 aliphatic carbocycles. The Bertz CT molecular complexity index is 419. The van der Waals surface area contributed by atoms with Crippen molar-refractivity contribution >= 4 is 11.4 Å². The number of piperidine rings is 1. The van der Waals surface area contributed by atoms with Gasteiger partial charge < -0.3 is 15.0 Å². The monoisotopic (exact) mass is 232 g/mol. The smallest absolute Gasteiger partial charge is 0.121 e. The summed E-state index contributed by atoms with van der Waals surface area (Å²) >= 11 is 0. The van der Waals surface area contributed by atoms with Crippen LogP contribution in [0.2, 0.25) is 0 Å². The van der Waals surface area contributed by atoms with Crippen LogP contribution in [0.1, 0.15) is 19.8 Å². The van der Waals surface area contributed by atoms with E-state index in [1.54, 1.807) is 7.11 Å². The van der Waals surface area contributed by atoms with Crippen LogP contribution in [-0.4, -0.2) is 26.2 Å². The summed E-state index contributed by atoms with van der Waals surface area (Å²) < 4.78 is 5.33. The fourth-order valence-electron chi connectivity index (χ4n) is 3.02. The molecule has 1 saturated heterocycles. The number of anilines is 2. The molecular formula is C14H20N2O. The minimum Gasteiger partial charge on any atom is -0.497 e. The molecule has 3 nitrogen and oxygen atoms in total. The first kappa shape index (κ1) is 10.8. The standard InChI is InChI=1S/C14H20N2O/c1-10-5-6-16-11(7-10)9-15-13-4-3-12(17-2)8-14(13)16/h3-4,8,10-11,15H,5-7,9H2,1-2H3. The van der Waals surface area contributed by atoms with Gasteiger partial charge in [0.05, 0.1) is 18.5 Å². The van der Waals surface area contributed by atoms with Gasteiger partial charge in [-0.15, -0.1) is 0 Å². The molecule has 0 spiro atoms. The van der Waals surface area contributed by atoms with Gasteiger partial charge >= 0.3 is 0 Å². The quantitative estimate of drug-likeness (QED) is 0.805. The third kappa shape index (κ3) is 1.84. The lowest BCUT2D eigenvalue weighted by Gasteiger charge is -2.44. The first-order valence-corrected chi connectivity index (χ1v) is 6.46. The van der Waals surface area contributed by atoms with Gasteiger partial charge in [-0.05, 0) is 30.9 Å².